The SMILES string of the molecule is CC1OCCC1N(C)C(=O)Cc1ccc(C#N)cc1. The average Bonchev–Trinajstić information content (AvgIpc) is 2.85. The van der Waals surface area contributed by atoms with Gasteiger partial charge < -0.3 is 9.64 Å². The van der Waals surface area contributed by atoms with Crippen LogP contribution in [-0.4, -0.2) is 36.6 Å². The van der Waals surface area contributed by atoms with Crippen LogP contribution in [0.25, 0.3) is 0 Å². The third kappa shape index (κ3) is 3.12. The fraction of sp³-hybridized carbons (Fsp3) is 0.467. The molecule has 1 fully saturated rings. The van der Waals surface area contributed by atoms with E-state index in [0.717, 1.165) is 18.6 Å². The number of carbonyl (C=O) groups is 1. The first-order valence-electron chi connectivity index (χ1n) is 6.48. The van der Waals surface area contributed by atoms with Crippen LogP contribution in [0.15, 0.2) is 24.3 Å². The van der Waals surface area contributed by atoms with Crippen molar-refractivity contribution in [2.24, 2.45) is 0 Å². The van der Waals surface area contributed by atoms with Gasteiger partial charge in [-0.15, -0.1) is 0 Å². The Labute approximate surface area is 113 Å². The fourth-order valence-electron chi connectivity index (χ4n) is 2.41. The molecule has 0 radical (unpaired) electrons. The van der Waals surface area contributed by atoms with Crippen LogP contribution in [0.4, 0.5) is 0 Å². The highest BCUT2D eigenvalue weighted by molar-refractivity contribution is 5.79. The first-order valence-corrected chi connectivity index (χ1v) is 6.48. The number of hydrogen-bond donors (Lipinski definition) is 0. The number of ether oxygens (including phenoxy) is 1. The molecule has 100 valence electrons. The van der Waals surface area contributed by atoms with Gasteiger partial charge in [0.2, 0.25) is 5.91 Å². The monoisotopic (exact) mass is 258 g/mol. The molecular formula is C15H18N2O2. The molecule has 0 spiro atoms. The van der Waals surface area contributed by atoms with Crippen molar-refractivity contribution in [2.75, 3.05) is 13.7 Å². The maximum absolute atomic E-state index is 12.2. The molecule has 0 aliphatic carbocycles. The van der Waals surface area contributed by atoms with Gasteiger partial charge in [-0.25, -0.2) is 0 Å². The second kappa shape index (κ2) is 5.85. The first-order chi connectivity index (χ1) is 9.11. The quantitative estimate of drug-likeness (QED) is 0.829. The van der Waals surface area contributed by atoms with Crippen molar-refractivity contribution < 1.29 is 9.53 Å². The zero-order valence-corrected chi connectivity index (χ0v) is 11.3. The van der Waals surface area contributed by atoms with Gasteiger partial charge in [0.15, 0.2) is 0 Å². The minimum absolute atomic E-state index is 0.0899. The lowest BCUT2D eigenvalue weighted by atomic mass is 10.1. The van der Waals surface area contributed by atoms with E-state index in [-0.39, 0.29) is 18.1 Å². The van der Waals surface area contributed by atoms with Gasteiger partial charge in [-0.2, -0.15) is 5.26 Å². The molecule has 4 heteroatoms. The van der Waals surface area contributed by atoms with E-state index in [9.17, 15) is 4.79 Å². The molecule has 1 amide bonds. The highest BCUT2D eigenvalue weighted by Gasteiger charge is 2.30. The number of amides is 1. The minimum atomic E-state index is 0.0899. The third-order valence-corrected chi connectivity index (χ3v) is 3.67. The van der Waals surface area contributed by atoms with Crippen LogP contribution in [0.1, 0.15) is 24.5 Å². The number of carbonyl (C=O) groups excluding carboxylic acids is 1. The Hall–Kier alpha value is -1.86. The Morgan fingerprint density at radius 2 is 2.16 bits per heavy atom. The molecule has 1 saturated heterocycles. The number of benzene rings is 1. The molecule has 0 N–H and O–H groups in total. The molecule has 0 bridgehead atoms. The standard InChI is InChI=1S/C15H18N2O2/c1-11-14(7-8-19-11)17(2)15(18)9-12-3-5-13(10-16)6-4-12/h3-6,11,14H,7-9H2,1-2H3. The van der Waals surface area contributed by atoms with Crippen LogP contribution < -0.4 is 0 Å². The Kier molecular flexibility index (Phi) is 4.18. The first kappa shape index (κ1) is 13.6. The summed E-state index contributed by atoms with van der Waals surface area (Å²) in [4.78, 5) is 14.0. The summed E-state index contributed by atoms with van der Waals surface area (Å²) in [5.74, 6) is 0.0899. The second-order valence-corrected chi connectivity index (χ2v) is 4.92. The maximum atomic E-state index is 12.2. The highest BCUT2D eigenvalue weighted by Crippen LogP contribution is 2.19. The molecular weight excluding hydrogens is 240 g/mol. The normalized spacial score (nSPS) is 21.9. The number of hydrogen-bond acceptors (Lipinski definition) is 3. The number of rotatable bonds is 3. The number of likely N-dealkylation sites (N-methyl/N-ethyl adjacent to an activating group) is 1. The van der Waals surface area contributed by atoms with Gasteiger partial charge in [-0.3, -0.25) is 4.79 Å². The lowest BCUT2D eigenvalue weighted by Gasteiger charge is -2.26. The van der Waals surface area contributed by atoms with Crippen LogP contribution in [0.2, 0.25) is 0 Å². The Bertz CT molecular complexity index is 490. The molecule has 2 atom stereocenters. The summed E-state index contributed by atoms with van der Waals surface area (Å²) >= 11 is 0. The van der Waals surface area contributed by atoms with Crippen LogP contribution in [0.5, 0.6) is 0 Å². The van der Waals surface area contributed by atoms with Gasteiger partial charge in [0.05, 0.1) is 30.2 Å². The van der Waals surface area contributed by atoms with Crippen molar-refractivity contribution in [1.82, 2.24) is 4.90 Å². The number of nitriles is 1. The molecule has 2 unspecified atom stereocenters. The molecule has 1 heterocycles. The Morgan fingerprint density at radius 3 is 2.68 bits per heavy atom. The zero-order valence-electron chi connectivity index (χ0n) is 11.3. The predicted molar refractivity (Wildman–Crippen MR) is 71.5 cm³/mol. The van der Waals surface area contributed by atoms with Crippen molar-refractivity contribution in [3.8, 4) is 6.07 Å². The summed E-state index contributed by atoms with van der Waals surface area (Å²) in [6.45, 7) is 2.73. The van der Waals surface area contributed by atoms with Crippen molar-refractivity contribution in [3.63, 3.8) is 0 Å². The lowest BCUT2D eigenvalue weighted by Crippen LogP contribution is -2.41. The largest absolute Gasteiger partial charge is 0.376 e. The van der Waals surface area contributed by atoms with Crippen molar-refractivity contribution >= 4 is 5.91 Å². The summed E-state index contributed by atoms with van der Waals surface area (Å²) in [7, 11) is 1.84. The van der Waals surface area contributed by atoms with E-state index < -0.39 is 0 Å². The Morgan fingerprint density at radius 1 is 1.47 bits per heavy atom. The van der Waals surface area contributed by atoms with Gasteiger partial charge >= 0.3 is 0 Å². The second-order valence-electron chi connectivity index (χ2n) is 4.92. The van der Waals surface area contributed by atoms with Gasteiger partial charge in [0.25, 0.3) is 0 Å². The van der Waals surface area contributed by atoms with E-state index in [1.165, 1.54) is 0 Å². The maximum Gasteiger partial charge on any atom is 0.227 e. The van der Waals surface area contributed by atoms with E-state index in [0.29, 0.717) is 12.0 Å². The lowest BCUT2D eigenvalue weighted by molar-refractivity contribution is -0.132. The fourth-order valence-corrected chi connectivity index (χ4v) is 2.41. The highest BCUT2D eigenvalue weighted by atomic mass is 16.5. The van der Waals surface area contributed by atoms with Gasteiger partial charge in [0.1, 0.15) is 0 Å². The zero-order chi connectivity index (χ0) is 13.8. The molecule has 2 rings (SSSR count). The summed E-state index contributed by atoms with van der Waals surface area (Å²) in [6.07, 6.45) is 1.37. The average molecular weight is 258 g/mol. The number of nitrogens with zero attached hydrogens (tertiary/aromatic N) is 2. The van der Waals surface area contributed by atoms with E-state index in [1.807, 2.05) is 26.1 Å². The summed E-state index contributed by atoms with van der Waals surface area (Å²) in [5.41, 5.74) is 1.55. The topological polar surface area (TPSA) is 53.3 Å². The van der Waals surface area contributed by atoms with Crippen LogP contribution in [0.3, 0.4) is 0 Å². The molecule has 0 saturated carbocycles. The summed E-state index contributed by atoms with van der Waals surface area (Å²) in [5, 5.41) is 8.73. The third-order valence-electron chi connectivity index (χ3n) is 3.67. The Balaban J connectivity index is 1.98. The van der Waals surface area contributed by atoms with Gasteiger partial charge in [-0.1, -0.05) is 12.1 Å². The molecule has 1 aromatic rings. The molecule has 1 aliphatic heterocycles. The van der Waals surface area contributed by atoms with Crippen LogP contribution in [-0.2, 0) is 16.0 Å². The van der Waals surface area contributed by atoms with Crippen LogP contribution >= 0.6 is 0 Å². The molecule has 0 aromatic heterocycles. The van der Waals surface area contributed by atoms with E-state index in [1.54, 1.807) is 17.0 Å². The summed E-state index contributed by atoms with van der Waals surface area (Å²) < 4.78 is 5.49. The van der Waals surface area contributed by atoms with Crippen molar-refractivity contribution in [2.45, 2.75) is 31.9 Å². The van der Waals surface area contributed by atoms with Crippen molar-refractivity contribution in [1.29, 1.82) is 5.26 Å². The molecule has 19 heavy (non-hydrogen) atoms. The van der Waals surface area contributed by atoms with Gasteiger partial charge in [-0.05, 0) is 31.0 Å². The molecule has 1 aliphatic rings. The van der Waals surface area contributed by atoms with Crippen molar-refractivity contribution in [3.05, 3.63) is 35.4 Å². The minimum Gasteiger partial charge on any atom is -0.376 e. The van der Waals surface area contributed by atoms with Crippen LogP contribution in [0, 0.1) is 11.3 Å². The van der Waals surface area contributed by atoms with E-state index in [2.05, 4.69) is 6.07 Å². The van der Waals surface area contributed by atoms with E-state index >= 15 is 0 Å². The van der Waals surface area contributed by atoms with Gasteiger partial charge in [0, 0.05) is 13.7 Å². The molecule has 1 aromatic carbocycles. The molecule has 4 nitrogen and oxygen atoms in total. The smallest absolute Gasteiger partial charge is 0.227 e. The predicted octanol–water partition coefficient (Wildman–Crippen LogP) is 1.74. The summed E-state index contributed by atoms with van der Waals surface area (Å²) in [6, 6.07) is 9.39. The van der Waals surface area contributed by atoms with E-state index in [4.69, 9.17) is 10.00 Å².